The molecule has 0 unspecified atom stereocenters. The number of halogens is 1. The quantitative estimate of drug-likeness (QED) is 0.818. The van der Waals surface area contributed by atoms with Gasteiger partial charge in [0.1, 0.15) is 10.8 Å². The lowest BCUT2D eigenvalue weighted by molar-refractivity contribution is -0.123. The van der Waals surface area contributed by atoms with Gasteiger partial charge in [-0.3, -0.25) is 9.59 Å². The molecule has 0 spiro atoms. The summed E-state index contributed by atoms with van der Waals surface area (Å²) in [5.74, 6) is -3.02. The van der Waals surface area contributed by atoms with Gasteiger partial charge in [-0.1, -0.05) is 12.1 Å². The second-order valence-electron chi connectivity index (χ2n) is 4.54. The van der Waals surface area contributed by atoms with Crippen molar-refractivity contribution in [2.45, 2.75) is 13.0 Å². The molecule has 1 aromatic heterocycles. The van der Waals surface area contributed by atoms with Crippen molar-refractivity contribution in [1.29, 1.82) is 0 Å². The van der Waals surface area contributed by atoms with Crippen molar-refractivity contribution < 1.29 is 23.5 Å². The smallest absolute Gasteiger partial charge is 0.341 e. The maximum absolute atomic E-state index is 13.5. The molecule has 0 aliphatic heterocycles. The van der Waals surface area contributed by atoms with Gasteiger partial charge in [0.05, 0.1) is 11.1 Å². The number of hydrogen-bond donors (Lipinski definition) is 2. The number of thiophene rings is 1. The zero-order chi connectivity index (χ0) is 17.0. The number of nitrogens with one attached hydrogen (secondary N) is 1. The number of primary amides is 1. The van der Waals surface area contributed by atoms with Gasteiger partial charge in [0.15, 0.2) is 6.10 Å². The minimum atomic E-state index is -1.18. The Morgan fingerprint density at radius 2 is 1.91 bits per heavy atom. The highest BCUT2D eigenvalue weighted by molar-refractivity contribution is 7.14. The van der Waals surface area contributed by atoms with E-state index in [1.165, 1.54) is 31.2 Å². The van der Waals surface area contributed by atoms with E-state index in [1.807, 2.05) is 0 Å². The first-order valence-corrected chi connectivity index (χ1v) is 7.41. The monoisotopic (exact) mass is 336 g/mol. The average molecular weight is 336 g/mol. The van der Waals surface area contributed by atoms with E-state index in [-0.39, 0.29) is 16.1 Å². The lowest BCUT2D eigenvalue weighted by Crippen LogP contribution is -2.30. The van der Waals surface area contributed by atoms with Crippen molar-refractivity contribution in [3.8, 4) is 0 Å². The molecule has 0 aliphatic carbocycles. The molecule has 1 heterocycles. The van der Waals surface area contributed by atoms with Crippen molar-refractivity contribution in [1.82, 2.24) is 0 Å². The van der Waals surface area contributed by atoms with Crippen molar-refractivity contribution in [3.63, 3.8) is 0 Å². The molecule has 1 atom stereocenters. The van der Waals surface area contributed by atoms with Gasteiger partial charge < -0.3 is 15.8 Å². The maximum atomic E-state index is 13.5. The average Bonchev–Trinajstić information content (AvgIpc) is 2.95. The summed E-state index contributed by atoms with van der Waals surface area (Å²) in [6.07, 6.45) is -1.18. The summed E-state index contributed by atoms with van der Waals surface area (Å²) in [6.45, 7) is 1.34. The number of carbonyl (C=O) groups excluding carboxylic acids is 3. The minimum absolute atomic E-state index is 0.163. The molecule has 0 bridgehead atoms. The van der Waals surface area contributed by atoms with Crippen molar-refractivity contribution in [2.75, 3.05) is 5.32 Å². The second kappa shape index (κ2) is 7.01. The van der Waals surface area contributed by atoms with Gasteiger partial charge in [-0.2, -0.15) is 0 Å². The van der Waals surface area contributed by atoms with E-state index in [0.717, 1.165) is 17.4 Å². The van der Waals surface area contributed by atoms with Crippen LogP contribution in [0, 0.1) is 5.82 Å². The summed E-state index contributed by atoms with van der Waals surface area (Å²) in [6, 6.07) is 6.76. The molecule has 2 rings (SSSR count). The van der Waals surface area contributed by atoms with E-state index in [2.05, 4.69) is 5.32 Å². The maximum Gasteiger partial charge on any atom is 0.341 e. The number of anilines is 1. The Bertz CT molecular complexity index is 759. The Labute approximate surface area is 135 Å². The van der Waals surface area contributed by atoms with E-state index in [4.69, 9.17) is 10.5 Å². The molecule has 2 aromatic rings. The second-order valence-corrected chi connectivity index (χ2v) is 5.46. The fourth-order valence-electron chi connectivity index (χ4n) is 1.72. The number of hydrogen-bond acceptors (Lipinski definition) is 5. The Hall–Kier alpha value is -2.74. The molecule has 6 nitrogen and oxygen atoms in total. The Kier molecular flexibility index (Phi) is 5.07. The molecule has 0 saturated heterocycles. The highest BCUT2D eigenvalue weighted by atomic mass is 32.1. The van der Waals surface area contributed by atoms with Gasteiger partial charge in [-0.05, 0) is 30.5 Å². The first-order valence-electron chi connectivity index (χ1n) is 6.54. The van der Waals surface area contributed by atoms with Crippen LogP contribution in [0.5, 0.6) is 0 Å². The highest BCUT2D eigenvalue weighted by Gasteiger charge is 2.22. The van der Waals surface area contributed by atoms with Crippen LogP contribution in [0.15, 0.2) is 35.7 Å². The van der Waals surface area contributed by atoms with Gasteiger partial charge >= 0.3 is 5.97 Å². The third kappa shape index (κ3) is 3.92. The van der Waals surface area contributed by atoms with Gasteiger partial charge in [-0.25, -0.2) is 9.18 Å². The molecule has 3 N–H and O–H groups in total. The summed E-state index contributed by atoms with van der Waals surface area (Å²) >= 11 is 1.11. The van der Waals surface area contributed by atoms with Crippen LogP contribution in [0.4, 0.5) is 9.39 Å². The van der Waals surface area contributed by atoms with Crippen LogP contribution >= 0.6 is 11.3 Å². The molecule has 0 saturated carbocycles. The van der Waals surface area contributed by atoms with Crippen molar-refractivity contribution in [3.05, 3.63) is 52.7 Å². The molecule has 8 heteroatoms. The fourth-order valence-corrected chi connectivity index (χ4v) is 2.51. The van der Waals surface area contributed by atoms with Crippen LogP contribution in [0.2, 0.25) is 0 Å². The number of benzene rings is 1. The van der Waals surface area contributed by atoms with Crippen LogP contribution in [0.3, 0.4) is 0 Å². The molecule has 0 radical (unpaired) electrons. The fraction of sp³-hybridized carbons (Fsp3) is 0.133. The van der Waals surface area contributed by atoms with Crippen molar-refractivity contribution >= 4 is 34.1 Å². The van der Waals surface area contributed by atoms with Gasteiger partial charge in [0.25, 0.3) is 11.8 Å². The number of nitrogens with two attached hydrogens (primary N) is 1. The summed E-state index contributed by atoms with van der Waals surface area (Å²) in [7, 11) is 0. The molecule has 120 valence electrons. The van der Waals surface area contributed by atoms with E-state index >= 15 is 0 Å². The predicted molar refractivity (Wildman–Crippen MR) is 82.7 cm³/mol. The summed E-state index contributed by atoms with van der Waals surface area (Å²) in [5, 5.41) is 4.30. The molecule has 23 heavy (non-hydrogen) atoms. The van der Waals surface area contributed by atoms with Crippen LogP contribution in [0.1, 0.15) is 27.6 Å². The standard InChI is InChI=1S/C15H13FN2O4S/c1-8(22-15(21)9-4-2-3-5-11(9)16)13(20)18-14-10(12(17)19)6-7-23-14/h2-8H,1H3,(H2,17,19)(H,18,20)/t8-/m0/s1. The number of esters is 1. The Morgan fingerprint density at radius 1 is 1.22 bits per heavy atom. The van der Waals surface area contributed by atoms with Gasteiger partial charge in [0, 0.05) is 0 Å². The van der Waals surface area contributed by atoms with Gasteiger partial charge in [-0.15, -0.1) is 11.3 Å². The van der Waals surface area contributed by atoms with Crippen LogP contribution in [-0.2, 0) is 9.53 Å². The molecule has 2 amide bonds. The molecule has 1 aromatic carbocycles. The van der Waals surface area contributed by atoms with Crippen LogP contribution in [0.25, 0.3) is 0 Å². The van der Waals surface area contributed by atoms with E-state index in [9.17, 15) is 18.8 Å². The first-order chi connectivity index (χ1) is 10.9. The van der Waals surface area contributed by atoms with E-state index < -0.39 is 29.7 Å². The zero-order valence-corrected chi connectivity index (χ0v) is 12.9. The van der Waals surface area contributed by atoms with E-state index in [1.54, 1.807) is 5.38 Å². The number of ether oxygens (including phenoxy) is 1. The molecule has 0 aliphatic rings. The third-order valence-corrected chi connectivity index (χ3v) is 3.74. The third-order valence-electron chi connectivity index (χ3n) is 2.91. The number of rotatable bonds is 5. The van der Waals surface area contributed by atoms with Crippen LogP contribution in [-0.4, -0.2) is 23.9 Å². The zero-order valence-electron chi connectivity index (χ0n) is 12.0. The largest absolute Gasteiger partial charge is 0.449 e. The lowest BCUT2D eigenvalue weighted by Gasteiger charge is -2.13. The normalized spacial score (nSPS) is 11.6. The first kappa shape index (κ1) is 16.6. The summed E-state index contributed by atoms with van der Waals surface area (Å²) in [4.78, 5) is 35.0. The summed E-state index contributed by atoms with van der Waals surface area (Å²) in [5.41, 5.74) is 5.07. The molecular formula is C15H13FN2O4S. The minimum Gasteiger partial charge on any atom is -0.449 e. The van der Waals surface area contributed by atoms with E-state index in [0.29, 0.717) is 0 Å². The number of carbonyl (C=O) groups is 3. The van der Waals surface area contributed by atoms with Crippen molar-refractivity contribution in [2.24, 2.45) is 5.73 Å². The van der Waals surface area contributed by atoms with Crippen LogP contribution < -0.4 is 11.1 Å². The Morgan fingerprint density at radius 3 is 2.57 bits per heavy atom. The lowest BCUT2D eigenvalue weighted by atomic mass is 10.2. The predicted octanol–water partition coefficient (Wildman–Crippen LogP) is 2.17. The molecule has 0 fully saturated rings. The SMILES string of the molecule is C[C@H](OC(=O)c1ccccc1F)C(=O)Nc1sccc1C(N)=O. The number of amides is 2. The highest BCUT2D eigenvalue weighted by Crippen LogP contribution is 2.23. The topological polar surface area (TPSA) is 98.5 Å². The Balaban J connectivity index is 2.03. The van der Waals surface area contributed by atoms with Gasteiger partial charge in [0.2, 0.25) is 0 Å². The molecular weight excluding hydrogens is 323 g/mol. The summed E-state index contributed by atoms with van der Waals surface area (Å²) < 4.78 is 18.4.